The molecule has 0 bridgehead atoms. The number of methoxy groups -OCH3 is 1. The third kappa shape index (κ3) is 3.07. The number of nitrogens with two attached hydrogens (primary N) is 1. The number of nitrogens with zero attached hydrogens (tertiary/aromatic N) is 2. The number of anilines is 1. The zero-order valence-electron chi connectivity index (χ0n) is 12.7. The molecule has 1 atom stereocenters. The topological polar surface area (TPSA) is 70.1 Å². The van der Waals surface area contributed by atoms with Crippen LogP contribution in [-0.4, -0.2) is 22.6 Å². The van der Waals surface area contributed by atoms with Crippen molar-refractivity contribution in [3.05, 3.63) is 47.4 Å². The number of imidazole rings is 1. The van der Waals surface area contributed by atoms with Crippen LogP contribution in [0.2, 0.25) is 0 Å². The summed E-state index contributed by atoms with van der Waals surface area (Å²) in [7, 11) is 1.33. The van der Waals surface area contributed by atoms with Gasteiger partial charge >= 0.3 is 5.97 Å². The summed E-state index contributed by atoms with van der Waals surface area (Å²) in [6.45, 7) is 4.81. The zero-order chi connectivity index (χ0) is 15.4. The molecular weight excluding hydrogens is 266 g/mol. The number of aromatic nitrogens is 2. The summed E-state index contributed by atoms with van der Waals surface area (Å²) in [5, 5.41) is 0. The first-order valence-electron chi connectivity index (χ1n) is 7.06. The van der Waals surface area contributed by atoms with Crippen molar-refractivity contribution < 1.29 is 9.53 Å². The fraction of sp³-hybridized carbons (Fsp3) is 0.375. The molecule has 1 unspecified atom stereocenters. The van der Waals surface area contributed by atoms with E-state index in [0.29, 0.717) is 18.8 Å². The van der Waals surface area contributed by atoms with Crippen LogP contribution in [0.25, 0.3) is 0 Å². The monoisotopic (exact) mass is 287 g/mol. The first kappa shape index (κ1) is 15.1. The van der Waals surface area contributed by atoms with E-state index in [2.05, 4.69) is 24.0 Å². The maximum atomic E-state index is 11.7. The van der Waals surface area contributed by atoms with Crippen LogP contribution >= 0.6 is 0 Å². The molecule has 0 amide bonds. The fourth-order valence-corrected chi connectivity index (χ4v) is 2.39. The second-order valence-electron chi connectivity index (χ2n) is 5.03. The molecule has 1 heterocycles. The van der Waals surface area contributed by atoms with E-state index in [-0.39, 0.29) is 11.6 Å². The van der Waals surface area contributed by atoms with Gasteiger partial charge in [-0.3, -0.25) is 0 Å². The van der Waals surface area contributed by atoms with Gasteiger partial charge in [0.05, 0.1) is 7.11 Å². The number of esters is 1. The highest BCUT2D eigenvalue weighted by molar-refractivity contribution is 5.92. The molecule has 0 fully saturated rings. The summed E-state index contributed by atoms with van der Waals surface area (Å²) in [4.78, 5) is 16.0. The Morgan fingerprint density at radius 1 is 1.38 bits per heavy atom. The van der Waals surface area contributed by atoms with Gasteiger partial charge in [0.25, 0.3) is 0 Å². The summed E-state index contributed by atoms with van der Waals surface area (Å²) < 4.78 is 6.63. The largest absolute Gasteiger partial charge is 0.464 e. The lowest BCUT2D eigenvalue weighted by atomic mass is 10.0. The lowest BCUT2D eigenvalue weighted by molar-refractivity contribution is 0.0595. The van der Waals surface area contributed by atoms with Gasteiger partial charge in [-0.25, -0.2) is 9.78 Å². The van der Waals surface area contributed by atoms with Gasteiger partial charge in [-0.1, -0.05) is 44.2 Å². The van der Waals surface area contributed by atoms with Gasteiger partial charge in [0.15, 0.2) is 5.69 Å². The Hall–Kier alpha value is -2.30. The van der Waals surface area contributed by atoms with Crippen LogP contribution in [-0.2, 0) is 17.7 Å². The molecule has 0 aliphatic heterocycles. The molecule has 0 saturated carbocycles. The number of hydrogen-bond acceptors (Lipinski definition) is 4. The molecule has 5 nitrogen and oxygen atoms in total. The smallest absolute Gasteiger partial charge is 0.360 e. The van der Waals surface area contributed by atoms with E-state index in [4.69, 9.17) is 10.5 Å². The fourth-order valence-electron chi connectivity index (χ4n) is 2.39. The first-order chi connectivity index (χ1) is 10.1. The van der Waals surface area contributed by atoms with Crippen molar-refractivity contribution in [2.75, 3.05) is 12.8 Å². The van der Waals surface area contributed by atoms with Crippen molar-refractivity contribution in [2.24, 2.45) is 0 Å². The number of ether oxygens (including phenoxy) is 1. The number of carbonyl (C=O) groups excluding carboxylic acids is 1. The molecule has 0 aliphatic rings. The SMILES string of the molecule is CCc1nc(C(=O)OC)c(N)n1CC(C)c1ccccc1. The van der Waals surface area contributed by atoms with Crippen molar-refractivity contribution in [3.8, 4) is 0 Å². The Balaban J connectivity index is 2.31. The van der Waals surface area contributed by atoms with Gasteiger partial charge in [0.1, 0.15) is 11.6 Å². The summed E-state index contributed by atoms with van der Waals surface area (Å²) in [6, 6.07) is 10.2. The Kier molecular flexibility index (Phi) is 4.62. The van der Waals surface area contributed by atoms with Gasteiger partial charge < -0.3 is 15.0 Å². The second-order valence-corrected chi connectivity index (χ2v) is 5.03. The van der Waals surface area contributed by atoms with E-state index in [1.54, 1.807) is 0 Å². The highest BCUT2D eigenvalue weighted by Gasteiger charge is 2.21. The predicted octanol–water partition coefficient (Wildman–Crippen LogP) is 2.62. The normalized spacial score (nSPS) is 12.1. The lowest BCUT2D eigenvalue weighted by Crippen LogP contribution is -2.13. The van der Waals surface area contributed by atoms with E-state index in [1.165, 1.54) is 12.7 Å². The third-order valence-corrected chi connectivity index (χ3v) is 3.61. The number of benzene rings is 1. The molecule has 1 aromatic heterocycles. The van der Waals surface area contributed by atoms with E-state index in [0.717, 1.165) is 5.82 Å². The minimum absolute atomic E-state index is 0.203. The summed E-state index contributed by atoms with van der Waals surface area (Å²) in [5.41, 5.74) is 7.51. The molecule has 0 aliphatic carbocycles. The van der Waals surface area contributed by atoms with Gasteiger partial charge in [-0.2, -0.15) is 0 Å². The van der Waals surface area contributed by atoms with Crippen molar-refractivity contribution in [1.82, 2.24) is 9.55 Å². The molecular formula is C16H21N3O2. The van der Waals surface area contributed by atoms with Crippen LogP contribution in [0.1, 0.15) is 41.6 Å². The van der Waals surface area contributed by atoms with Crippen LogP contribution < -0.4 is 5.73 Å². The maximum absolute atomic E-state index is 11.7. The molecule has 2 N–H and O–H groups in total. The second kappa shape index (κ2) is 6.43. The molecule has 1 aromatic carbocycles. The summed E-state index contributed by atoms with van der Waals surface area (Å²) in [5.74, 6) is 0.962. The molecule has 0 spiro atoms. The van der Waals surface area contributed by atoms with Crippen molar-refractivity contribution in [1.29, 1.82) is 0 Å². The number of nitrogen functional groups attached to an aromatic ring is 1. The van der Waals surface area contributed by atoms with Gasteiger partial charge in [-0.15, -0.1) is 0 Å². The number of rotatable bonds is 5. The highest BCUT2D eigenvalue weighted by atomic mass is 16.5. The van der Waals surface area contributed by atoms with Gasteiger partial charge in [0, 0.05) is 13.0 Å². The minimum Gasteiger partial charge on any atom is -0.464 e. The Bertz CT molecular complexity index is 620. The van der Waals surface area contributed by atoms with E-state index in [9.17, 15) is 4.79 Å². The quantitative estimate of drug-likeness (QED) is 0.858. The average Bonchev–Trinajstić information content (AvgIpc) is 2.84. The molecule has 0 saturated heterocycles. The van der Waals surface area contributed by atoms with Crippen LogP contribution in [0.4, 0.5) is 5.82 Å². The lowest BCUT2D eigenvalue weighted by Gasteiger charge is -2.15. The number of aryl methyl sites for hydroxylation is 1. The standard InChI is InChI=1S/C16H21N3O2/c1-4-13-18-14(16(20)21-3)15(17)19(13)10-11(2)12-8-6-5-7-9-12/h5-9,11H,4,10,17H2,1-3H3. The van der Waals surface area contributed by atoms with Crippen molar-refractivity contribution in [2.45, 2.75) is 32.7 Å². The summed E-state index contributed by atoms with van der Waals surface area (Å²) in [6.07, 6.45) is 0.711. The third-order valence-electron chi connectivity index (χ3n) is 3.61. The Labute approximate surface area is 124 Å². The van der Waals surface area contributed by atoms with Gasteiger partial charge in [-0.05, 0) is 11.5 Å². The molecule has 0 radical (unpaired) electrons. The van der Waals surface area contributed by atoms with E-state index >= 15 is 0 Å². The van der Waals surface area contributed by atoms with Crippen LogP contribution in [0.3, 0.4) is 0 Å². The van der Waals surface area contributed by atoms with E-state index in [1.807, 2.05) is 29.7 Å². The van der Waals surface area contributed by atoms with Crippen LogP contribution in [0.15, 0.2) is 30.3 Å². The Morgan fingerprint density at radius 3 is 2.62 bits per heavy atom. The molecule has 5 heteroatoms. The number of hydrogen-bond donors (Lipinski definition) is 1. The molecule has 21 heavy (non-hydrogen) atoms. The van der Waals surface area contributed by atoms with E-state index < -0.39 is 5.97 Å². The maximum Gasteiger partial charge on any atom is 0.360 e. The highest BCUT2D eigenvalue weighted by Crippen LogP contribution is 2.23. The van der Waals surface area contributed by atoms with Crippen LogP contribution in [0.5, 0.6) is 0 Å². The first-order valence-corrected chi connectivity index (χ1v) is 7.06. The predicted molar refractivity (Wildman–Crippen MR) is 82.2 cm³/mol. The molecule has 2 aromatic rings. The van der Waals surface area contributed by atoms with Crippen LogP contribution in [0, 0.1) is 0 Å². The van der Waals surface area contributed by atoms with Crippen molar-refractivity contribution >= 4 is 11.8 Å². The summed E-state index contributed by atoms with van der Waals surface area (Å²) >= 11 is 0. The Morgan fingerprint density at radius 2 is 2.05 bits per heavy atom. The average molecular weight is 287 g/mol. The molecule has 2 rings (SSSR count). The van der Waals surface area contributed by atoms with Gasteiger partial charge in [0.2, 0.25) is 0 Å². The molecule has 112 valence electrons. The minimum atomic E-state index is -0.492. The number of carbonyl (C=O) groups is 1. The zero-order valence-corrected chi connectivity index (χ0v) is 12.7. The van der Waals surface area contributed by atoms with Crippen molar-refractivity contribution in [3.63, 3.8) is 0 Å².